The number of carboxylic acid groups (broad SMARTS) is 1. The van der Waals surface area contributed by atoms with E-state index in [1.54, 1.807) is 4.90 Å². The van der Waals surface area contributed by atoms with Crippen molar-refractivity contribution < 1.29 is 48.0 Å². The van der Waals surface area contributed by atoms with Crippen LogP contribution < -0.4 is 32.1 Å². The topological polar surface area (TPSA) is 187 Å². The lowest BCUT2D eigenvalue weighted by atomic mass is 9.74. The first-order valence-electron chi connectivity index (χ1n) is 19.2. The van der Waals surface area contributed by atoms with Gasteiger partial charge in [-0.2, -0.15) is 13.2 Å². The molecule has 15 heteroatoms. The molecule has 2 atom stereocenters. The predicted molar refractivity (Wildman–Crippen MR) is 205 cm³/mol. The monoisotopic (exact) mass is 784 g/mol. The van der Waals surface area contributed by atoms with Gasteiger partial charge in [0.05, 0.1) is 12.0 Å². The molecule has 12 nitrogen and oxygen atoms in total. The summed E-state index contributed by atoms with van der Waals surface area (Å²) in [6.07, 6.45) is 1.92. The highest BCUT2D eigenvalue weighted by Gasteiger charge is 2.44. The number of carbonyl (C=O) groups excluding carboxylic acids is 5. The number of nitrogens with zero attached hydrogens (tertiary/aromatic N) is 1. The molecule has 0 radical (unpaired) electrons. The highest BCUT2D eigenvalue weighted by Crippen LogP contribution is 2.35. The highest BCUT2D eigenvalue weighted by atomic mass is 19.4. The number of aliphatic carboxylic acids is 1. The van der Waals surface area contributed by atoms with E-state index in [4.69, 9.17) is 9.90 Å². The normalized spacial score (nSPS) is 15.8. The van der Waals surface area contributed by atoms with Crippen LogP contribution in [0.3, 0.4) is 0 Å². The molecule has 3 aromatic rings. The summed E-state index contributed by atoms with van der Waals surface area (Å²) < 4.78 is 31.5. The Morgan fingerprint density at radius 2 is 1.50 bits per heavy atom. The van der Waals surface area contributed by atoms with Crippen molar-refractivity contribution in [3.05, 3.63) is 83.9 Å². The Balaban J connectivity index is 0.00000109. The van der Waals surface area contributed by atoms with Gasteiger partial charge >= 0.3 is 12.2 Å². The molecule has 0 saturated carbocycles. The summed E-state index contributed by atoms with van der Waals surface area (Å²) in [5, 5.41) is 22.8. The Kier molecular flexibility index (Phi) is 18.6. The molecular weight excluding hydrogens is 729 g/mol. The zero-order valence-electron chi connectivity index (χ0n) is 32.1. The van der Waals surface area contributed by atoms with Crippen molar-refractivity contribution in [1.82, 2.24) is 26.2 Å². The van der Waals surface area contributed by atoms with E-state index in [0.29, 0.717) is 64.7 Å². The number of halogens is 3. The van der Waals surface area contributed by atoms with Crippen molar-refractivity contribution in [3.63, 3.8) is 0 Å². The summed E-state index contributed by atoms with van der Waals surface area (Å²) in [6, 6.07) is 22.9. The molecule has 56 heavy (non-hydrogen) atoms. The molecule has 1 saturated heterocycles. The first kappa shape index (κ1) is 45.2. The van der Waals surface area contributed by atoms with Gasteiger partial charge < -0.3 is 41.8 Å². The average Bonchev–Trinajstić information content (AvgIpc) is 3.17. The lowest BCUT2D eigenvalue weighted by Crippen LogP contribution is -2.59. The van der Waals surface area contributed by atoms with Crippen LogP contribution in [0.2, 0.25) is 0 Å². The van der Waals surface area contributed by atoms with Crippen LogP contribution in [0.4, 0.5) is 18.0 Å². The molecule has 1 aliphatic rings. The second-order valence-corrected chi connectivity index (χ2v) is 14.0. The number of piperidine rings is 1. The fourth-order valence-electron chi connectivity index (χ4n) is 6.70. The number of amides is 5. The van der Waals surface area contributed by atoms with E-state index in [1.165, 1.54) is 0 Å². The summed E-state index contributed by atoms with van der Waals surface area (Å²) in [6.45, 7) is 5.10. The maximum absolute atomic E-state index is 14.3. The predicted octanol–water partition coefficient (Wildman–Crippen LogP) is 3.04. The van der Waals surface area contributed by atoms with E-state index in [2.05, 4.69) is 33.1 Å². The maximum atomic E-state index is 14.3. The van der Waals surface area contributed by atoms with E-state index in [1.807, 2.05) is 73.7 Å². The Morgan fingerprint density at radius 1 is 0.839 bits per heavy atom. The smallest absolute Gasteiger partial charge is 0.430 e. The molecule has 4 rings (SSSR count). The fourth-order valence-corrected chi connectivity index (χ4v) is 6.70. The van der Waals surface area contributed by atoms with Gasteiger partial charge in [0, 0.05) is 45.6 Å². The van der Waals surface area contributed by atoms with Crippen molar-refractivity contribution in [2.75, 3.05) is 39.3 Å². The molecule has 306 valence electrons. The van der Waals surface area contributed by atoms with Gasteiger partial charge in [-0.1, -0.05) is 72.8 Å². The van der Waals surface area contributed by atoms with Crippen LogP contribution in [-0.4, -0.2) is 86.1 Å². The Hall–Kier alpha value is -5.18. The van der Waals surface area contributed by atoms with Gasteiger partial charge in [-0.25, -0.2) is 4.79 Å². The summed E-state index contributed by atoms with van der Waals surface area (Å²) in [7, 11) is 0. The number of hydrogen-bond acceptors (Lipinski definition) is 6. The number of alkyl halides is 3. The van der Waals surface area contributed by atoms with Crippen LogP contribution in [0.1, 0.15) is 69.4 Å². The molecule has 0 spiro atoms. The first-order valence-corrected chi connectivity index (χ1v) is 19.2. The number of quaternary nitrogens is 1. The molecule has 0 aromatic heterocycles. The number of unbranched alkanes of at least 4 members (excludes halogenated alkanes) is 3. The van der Waals surface area contributed by atoms with Gasteiger partial charge in [-0.15, -0.1) is 0 Å². The van der Waals surface area contributed by atoms with Crippen molar-refractivity contribution in [2.24, 2.45) is 5.41 Å². The summed E-state index contributed by atoms with van der Waals surface area (Å²) >= 11 is 0. The number of fused-ring (bicyclic) bond motifs is 1. The number of hydrogen-bond donors (Lipinski definition) is 5. The van der Waals surface area contributed by atoms with Crippen molar-refractivity contribution in [2.45, 2.75) is 83.4 Å². The number of carbonyl (C=O) groups is 5. The second-order valence-electron chi connectivity index (χ2n) is 14.0. The van der Waals surface area contributed by atoms with Gasteiger partial charge in [0.2, 0.25) is 17.7 Å². The molecule has 5 amide bonds. The SMILES string of the molecule is CCNC(=O)[C@]1(Cc2ccccc2)CCCN(C(=O)[C@@H](Cc2ccc3ccccc3c2)NC(=O)NCCCCNC(=O)CCCCC[NH3+])C1.O=C([O-])C(F)(F)F. The lowest BCUT2D eigenvalue weighted by Gasteiger charge is -2.43. The standard InChI is InChI=1S/C39H54N6O4.C2HF3O2/c1-2-41-37(48)39(28-30-14-5-3-6-15-30)21-13-25-45(29-39)36(47)34(27-31-19-20-32-16-8-9-17-33(32)26-31)44-38(49)43-24-12-11-23-42-35(46)18-7-4-10-22-40;3-2(4,5)1(6)7/h3,5-6,8-9,14-17,19-20,26,34H,2,4,7,10-13,18,21-25,27-29,40H2,1H3,(H,41,48)(H,42,46)(H2,43,44,49);(H,6,7)/t34-,39+;/m1./s1. The summed E-state index contributed by atoms with van der Waals surface area (Å²) in [5.74, 6) is -3.18. The van der Waals surface area contributed by atoms with Crippen LogP contribution in [0.25, 0.3) is 10.8 Å². The van der Waals surface area contributed by atoms with Crippen molar-refractivity contribution in [1.29, 1.82) is 0 Å². The molecule has 0 unspecified atom stereocenters. The van der Waals surface area contributed by atoms with Crippen LogP contribution in [-0.2, 0) is 32.0 Å². The highest BCUT2D eigenvalue weighted by molar-refractivity contribution is 5.90. The number of likely N-dealkylation sites (tertiary alicyclic amines) is 1. The third kappa shape index (κ3) is 15.2. The number of rotatable bonds is 18. The van der Waals surface area contributed by atoms with Gasteiger partial charge in [0.25, 0.3) is 0 Å². The minimum absolute atomic E-state index is 0.0432. The molecule has 3 aromatic carbocycles. The summed E-state index contributed by atoms with van der Waals surface area (Å²) in [4.78, 5) is 63.7. The minimum Gasteiger partial charge on any atom is -0.542 e. The van der Waals surface area contributed by atoms with E-state index >= 15 is 0 Å². The van der Waals surface area contributed by atoms with Crippen LogP contribution in [0.15, 0.2) is 72.8 Å². The van der Waals surface area contributed by atoms with Gasteiger partial charge in [0.1, 0.15) is 12.0 Å². The van der Waals surface area contributed by atoms with Gasteiger partial charge in [0.15, 0.2) is 0 Å². The number of nitrogens with one attached hydrogen (secondary N) is 4. The zero-order valence-corrected chi connectivity index (χ0v) is 32.1. The summed E-state index contributed by atoms with van der Waals surface area (Å²) in [5.41, 5.74) is 5.06. The third-order valence-electron chi connectivity index (χ3n) is 9.55. The minimum atomic E-state index is -5.19. The first-order chi connectivity index (χ1) is 26.8. The van der Waals surface area contributed by atoms with Crippen molar-refractivity contribution >= 4 is 40.5 Å². The average molecular weight is 785 g/mol. The molecule has 7 N–H and O–H groups in total. The maximum Gasteiger partial charge on any atom is 0.430 e. The van der Waals surface area contributed by atoms with E-state index in [-0.39, 0.29) is 24.3 Å². The van der Waals surface area contributed by atoms with Gasteiger partial charge in [-0.3, -0.25) is 14.4 Å². The van der Waals surface area contributed by atoms with Crippen LogP contribution >= 0.6 is 0 Å². The Labute approximate surface area is 326 Å². The zero-order chi connectivity index (χ0) is 41.0. The number of urea groups is 1. The molecular formula is C41H55F3N6O6. The fraction of sp³-hybridized carbons (Fsp3) is 0.488. The molecule has 0 aliphatic carbocycles. The van der Waals surface area contributed by atoms with Crippen molar-refractivity contribution in [3.8, 4) is 0 Å². The quantitative estimate of drug-likeness (QED) is 0.123. The Bertz CT molecular complexity index is 1730. The van der Waals surface area contributed by atoms with E-state index < -0.39 is 29.6 Å². The molecule has 1 aliphatic heterocycles. The van der Waals surface area contributed by atoms with Gasteiger partial charge in [-0.05, 0) is 80.2 Å². The van der Waals surface area contributed by atoms with E-state index in [9.17, 15) is 32.3 Å². The van der Waals surface area contributed by atoms with Crippen LogP contribution in [0.5, 0.6) is 0 Å². The Morgan fingerprint density at radius 3 is 2.16 bits per heavy atom. The second kappa shape index (κ2) is 23.0. The third-order valence-corrected chi connectivity index (χ3v) is 9.55. The number of carboxylic acids is 1. The lowest BCUT2D eigenvalue weighted by molar-refractivity contribution is -0.368. The largest absolute Gasteiger partial charge is 0.542 e. The molecule has 1 fully saturated rings. The molecule has 0 bridgehead atoms. The number of benzene rings is 3. The van der Waals surface area contributed by atoms with E-state index in [0.717, 1.165) is 54.1 Å². The molecule has 1 heterocycles. The van der Waals surface area contributed by atoms with Crippen LogP contribution in [0, 0.1) is 5.41 Å².